The second-order valence-electron chi connectivity index (χ2n) is 10.8. The second-order valence-corrected chi connectivity index (χ2v) is 10.8. The first-order valence-electron chi connectivity index (χ1n) is 12.7. The SMILES string of the molecule is CN(C)[C@@H]1C(O)=C(C(N)=O)C(=O)[C@@]2(O)C(O)=C3C(=O)c4c(O)ccc(/C=C/c5c(F)c(F)c(F)c(F)c5F)c4C[C@H]3C[C@@H]12. The normalized spacial score (nSPS) is 25.4. The molecule has 0 aliphatic heterocycles. The summed E-state index contributed by atoms with van der Waals surface area (Å²) in [5, 5.41) is 44.3. The Morgan fingerprint density at radius 1 is 0.977 bits per heavy atom. The van der Waals surface area contributed by atoms with Crippen LogP contribution in [-0.4, -0.2) is 68.5 Å². The summed E-state index contributed by atoms with van der Waals surface area (Å²) >= 11 is 0. The molecule has 1 amide bonds. The van der Waals surface area contributed by atoms with E-state index in [1.54, 1.807) is 0 Å². The van der Waals surface area contributed by atoms with Crippen LogP contribution in [0.2, 0.25) is 0 Å². The van der Waals surface area contributed by atoms with Crippen molar-refractivity contribution in [2.24, 2.45) is 17.6 Å². The van der Waals surface area contributed by atoms with Gasteiger partial charge in [0.25, 0.3) is 5.91 Å². The number of nitrogens with zero attached hydrogens (tertiary/aromatic N) is 1. The Balaban J connectivity index is 1.66. The Labute approximate surface area is 239 Å². The van der Waals surface area contributed by atoms with Crippen LogP contribution in [-0.2, 0) is 16.0 Å². The van der Waals surface area contributed by atoms with Gasteiger partial charge in [0.15, 0.2) is 34.7 Å². The number of aliphatic hydroxyl groups is 3. The fourth-order valence-corrected chi connectivity index (χ4v) is 6.37. The predicted molar refractivity (Wildman–Crippen MR) is 139 cm³/mol. The van der Waals surface area contributed by atoms with E-state index in [0.29, 0.717) is 6.08 Å². The number of benzene rings is 2. The van der Waals surface area contributed by atoms with Crippen molar-refractivity contribution < 1.29 is 56.8 Å². The lowest BCUT2D eigenvalue weighted by Gasteiger charge is -2.50. The molecule has 0 fully saturated rings. The quantitative estimate of drug-likeness (QED) is 0.117. The molecule has 0 bridgehead atoms. The van der Waals surface area contributed by atoms with Crippen molar-refractivity contribution in [2.75, 3.05) is 14.1 Å². The lowest BCUT2D eigenvalue weighted by Crippen LogP contribution is -2.63. The topological polar surface area (TPSA) is 161 Å². The minimum Gasteiger partial charge on any atom is -0.510 e. The summed E-state index contributed by atoms with van der Waals surface area (Å²) < 4.78 is 69.4. The van der Waals surface area contributed by atoms with Gasteiger partial charge in [0.2, 0.25) is 11.6 Å². The third-order valence-electron chi connectivity index (χ3n) is 8.32. The lowest BCUT2D eigenvalue weighted by atomic mass is 9.58. The maximum absolute atomic E-state index is 14.3. The molecule has 0 spiro atoms. The number of ketones is 2. The van der Waals surface area contributed by atoms with Gasteiger partial charge < -0.3 is 26.2 Å². The van der Waals surface area contributed by atoms with Crippen LogP contribution in [0.4, 0.5) is 22.0 Å². The molecule has 0 heterocycles. The smallest absolute Gasteiger partial charge is 0.255 e. The monoisotopic (exact) mass is 606 g/mol. The molecule has 0 radical (unpaired) electrons. The maximum Gasteiger partial charge on any atom is 0.255 e. The predicted octanol–water partition coefficient (Wildman–Crippen LogP) is 2.99. The Kier molecular flexibility index (Phi) is 6.97. The van der Waals surface area contributed by atoms with Crippen molar-refractivity contribution in [2.45, 2.75) is 24.5 Å². The van der Waals surface area contributed by atoms with E-state index < -0.39 is 110 Å². The molecule has 5 rings (SSSR count). The average Bonchev–Trinajstić information content (AvgIpc) is 2.93. The van der Waals surface area contributed by atoms with Gasteiger partial charge in [-0.3, -0.25) is 19.3 Å². The number of carbonyl (C=O) groups is 3. The number of Topliss-reactive ketones (excluding diaryl/α,β-unsaturated/α-hetero) is 2. The van der Waals surface area contributed by atoms with Gasteiger partial charge in [-0.25, -0.2) is 22.0 Å². The van der Waals surface area contributed by atoms with E-state index in [1.807, 2.05) is 0 Å². The Hall–Kier alpha value is -4.56. The molecular formula is C29H23F5N2O7. The molecule has 3 aliphatic carbocycles. The van der Waals surface area contributed by atoms with E-state index in [-0.39, 0.29) is 24.0 Å². The molecule has 14 heteroatoms. The number of rotatable bonds is 4. The van der Waals surface area contributed by atoms with E-state index in [0.717, 1.165) is 12.1 Å². The van der Waals surface area contributed by atoms with E-state index in [1.165, 1.54) is 25.1 Å². The summed E-state index contributed by atoms with van der Waals surface area (Å²) in [5.41, 5.74) is -0.468. The van der Waals surface area contributed by atoms with Crippen LogP contribution < -0.4 is 5.73 Å². The van der Waals surface area contributed by atoms with Crippen molar-refractivity contribution in [3.05, 3.63) is 86.1 Å². The maximum atomic E-state index is 14.3. The zero-order valence-electron chi connectivity index (χ0n) is 22.4. The number of aromatic hydroxyl groups is 1. The first kappa shape index (κ1) is 29.9. The molecule has 0 aromatic heterocycles. The highest BCUT2D eigenvalue weighted by atomic mass is 19.2. The molecule has 3 aliphatic rings. The molecule has 6 N–H and O–H groups in total. The number of nitrogens with two attached hydrogens (primary N) is 1. The zero-order valence-corrected chi connectivity index (χ0v) is 22.4. The fraction of sp³-hybridized carbons (Fsp3) is 0.276. The van der Waals surface area contributed by atoms with E-state index in [9.17, 15) is 56.8 Å². The van der Waals surface area contributed by atoms with Crippen molar-refractivity contribution in [1.82, 2.24) is 4.90 Å². The van der Waals surface area contributed by atoms with Gasteiger partial charge in [-0.05, 0) is 56.1 Å². The Morgan fingerprint density at radius 2 is 1.56 bits per heavy atom. The third-order valence-corrected chi connectivity index (χ3v) is 8.32. The van der Waals surface area contributed by atoms with Crippen LogP contribution >= 0.6 is 0 Å². The van der Waals surface area contributed by atoms with Crippen molar-refractivity contribution in [1.29, 1.82) is 0 Å². The summed E-state index contributed by atoms with van der Waals surface area (Å²) in [6.07, 6.45) is 1.21. The minimum atomic E-state index is -2.84. The summed E-state index contributed by atoms with van der Waals surface area (Å²) in [5.74, 6) is -19.3. The summed E-state index contributed by atoms with van der Waals surface area (Å²) in [6, 6.07) is 1.04. The number of phenols is 1. The van der Waals surface area contributed by atoms with E-state index in [2.05, 4.69) is 0 Å². The first-order valence-corrected chi connectivity index (χ1v) is 12.7. The second kappa shape index (κ2) is 10.0. The van der Waals surface area contributed by atoms with Gasteiger partial charge in [0, 0.05) is 11.5 Å². The largest absolute Gasteiger partial charge is 0.510 e. The average molecular weight is 606 g/mol. The molecule has 0 saturated heterocycles. The minimum absolute atomic E-state index is 0.0482. The van der Waals surface area contributed by atoms with Crippen molar-refractivity contribution in [3.63, 3.8) is 0 Å². The van der Waals surface area contributed by atoms with Crippen LogP contribution in [0.25, 0.3) is 12.2 Å². The Morgan fingerprint density at radius 3 is 2.12 bits per heavy atom. The highest BCUT2D eigenvalue weighted by Crippen LogP contribution is 2.52. The number of primary amides is 1. The number of hydrogen-bond acceptors (Lipinski definition) is 8. The first-order chi connectivity index (χ1) is 20.0. The molecule has 2 aromatic carbocycles. The van der Waals surface area contributed by atoms with Crippen molar-refractivity contribution >= 4 is 29.6 Å². The van der Waals surface area contributed by atoms with Crippen LogP contribution in [0.15, 0.2) is 34.8 Å². The van der Waals surface area contributed by atoms with E-state index >= 15 is 0 Å². The number of fused-ring (bicyclic) bond motifs is 3. The fourth-order valence-electron chi connectivity index (χ4n) is 6.37. The highest BCUT2D eigenvalue weighted by Gasteiger charge is 2.63. The molecule has 9 nitrogen and oxygen atoms in total. The number of aliphatic hydroxyl groups excluding tert-OH is 2. The van der Waals surface area contributed by atoms with Crippen molar-refractivity contribution in [3.8, 4) is 5.75 Å². The molecule has 0 saturated carbocycles. The van der Waals surface area contributed by atoms with Gasteiger partial charge >= 0.3 is 0 Å². The zero-order chi connectivity index (χ0) is 31.9. The molecule has 4 atom stereocenters. The summed E-state index contributed by atoms with van der Waals surface area (Å²) in [7, 11) is 2.93. The van der Waals surface area contributed by atoms with E-state index in [4.69, 9.17) is 5.73 Å². The lowest BCUT2D eigenvalue weighted by molar-refractivity contribution is -0.148. The third kappa shape index (κ3) is 4.07. The molecule has 0 unspecified atom stereocenters. The van der Waals surface area contributed by atoms with Crippen LogP contribution in [0, 0.1) is 40.9 Å². The molecular weight excluding hydrogens is 583 g/mol. The Bertz CT molecular complexity index is 1720. The number of allylic oxidation sites excluding steroid dienone is 1. The summed E-state index contributed by atoms with van der Waals surface area (Å²) in [6.45, 7) is 0. The molecule has 2 aromatic rings. The van der Waals surface area contributed by atoms with Gasteiger partial charge in [0.1, 0.15) is 22.8 Å². The number of hydrogen-bond donors (Lipinski definition) is 5. The molecule has 43 heavy (non-hydrogen) atoms. The standard InChI is InChI=1S/C29H23F5N2O7/c1-36(2)23-13-8-10-7-12-9(3-5-11-18(30)20(32)22(34)21(33)19(11)31)4-6-14(37)16(12)24(38)15(10)26(40)29(13,43)27(41)17(25(23)39)28(35)42/h3-6,10,13,23,37,39-40,43H,7-8H2,1-2H3,(H2,35,42)/b5-3+/t10-,13-,23-,29-/m0/s1. The van der Waals surface area contributed by atoms with Crippen LogP contribution in [0.1, 0.15) is 33.5 Å². The number of carbonyl (C=O) groups excluding carboxylic acids is 3. The number of halogens is 5. The summed E-state index contributed by atoms with van der Waals surface area (Å²) in [4.78, 5) is 40.5. The van der Waals surface area contributed by atoms with Crippen LogP contribution in [0.3, 0.4) is 0 Å². The number of amides is 1. The van der Waals surface area contributed by atoms with Gasteiger partial charge in [-0.2, -0.15) is 0 Å². The highest BCUT2D eigenvalue weighted by molar-refractivity contribution is 6.24. The number of likely N-dealkylation sites (N-methyl/N-ethyl adjacent to an activating group) is 1. The van der Waals surface area contributed by atoms with Crippen LogP contribution in [0.5, 0.6) is 5.75 Å². The van der Waals surface area contributed by atoms with Gasteiger partial charge in [-0.15, -0.1) is 0 Å². The molecule has 226 valence electrons. The van der Waals surface area contributed by atoms with Gasteiger partial charge in [-0.1, -0.05) is 12.1 Å². The number of phenolic OH excluding ortho intramolecular Hbond substituents is 1. The van der Waals surface area contributed by atoms with Gasteiger partial charge in [0.05, 0.1) is 17.2 Å².